The molecule has 0 saturated heterocycles. The number of anilines is 1. The van der Waals surface area contributed by atoms with E-state index in [1.807, 2.05) is 33.8 Å². The maximum absolute atomic E-state index is 12.9. The molecular weight excluding hydrogens is 480 g/mol. The summed E-state index contributed by atoms with van der Waals surface area (Å²) in [4.78, 5) is 13.1. The van der Waals surface area contributed by atoms with Crippen molar-refractivity contribution in [3.8, 4) is 5.75 Å². The molecule has 0 heterocycles. The van der Waals surface area contributed by atoms with Crippen molar-refractivity contribution >= 4 is 37.5 Å². The van der Waals surface area contributed by atoms with E-state index in [2.05, 4.69) is 21.2 Å². The zero-order valence-corrected chi connectivity index (χ0v) is 20.9. The quantitative estimate of drug-likeness (QED) is 0.430. The molecule has 1 N–H and O–H groups in total. The number of nitrogens with one attached hydrogen (secondary N) is 1. The topological polar surface area (TPSA) is 75.7 Å². The highest BCUT2D eigenvalue weighted by molar-refractivity contribution is 9.10. The van der Waals surface area contributed by atoms with Crippen molar-refractivity contribution in [3.63, 3.8) is 0 Å². The molecule has 8 heteroatoms. The molecule has 0 bridgehead atoms. The highest BCUT2D eigenvalue weighted by Gasteiger charge is 2.23. The number of amides is 1. The molecule has 0 radical (unpaired) electrons. The summed E-state index contributed by atoms with van der Waals surface area (Å²) in [5.74, 6) is 0.506. The highest BCUT2D eigenvalue weighted by Crippen LogP contribution is 2.26. The lowest BCUT2D eigenvalue weighted by Gasteiger charge is -2.21. The summed E-state index contributed by atoms with van der Waals surface area (Å²) >= 11 is 3.39. The predicted molar refractivity (Wildman–Crippen MR) is 128 cm³/mol. The average molecular weight is 511 g/mol. The fourth-order valence-electron chi connectivity index (χ4n) is 2.97. The van der Waals surface area contributed by atoms with Crippen LogP contribution in [0, 0.1) is 5.92 Å². The molecule has 0 aromatic heterocycles. The van der Waals surface area contributed by atoms with Crippen LogP contribution in [0.2, 0.25) is 0 Å². The molecule has 0 aliphatic rings. The van der Waals surface area contributed by atoms with Gasteiger partial charge in [0.05, 0.1) is 17.1 Å². The first-order chi connectivity index (χ1) is 14.7. The third-order valence-electron chi connectivity index (χ3n) is 4.45. The fourth-order valence-corrected chi connectivity index (χ4v) is 4.96. The smallest absolute Gasteiger partial charge is 0.259 e. The number of nitrogens with zero attached hydrogens (tertiary/aromatic N) is 1. The summed E-state index contributed by atoms with van der Waals surface area (Å²) in [7, 11) is -3.56. The second kappa shape index (κ2) is 11.6. The van der Waals surface area contributed by atoms with E-state index < -0.39 is 10.0 Å². The van der Waals surface area contributed by atoms with Gasteiger partial charge in [0.15, 0.2) is 0 Å². The SMILES string of the molecule is CCCN(CCC)S(=O)(=O)c1ccc(NC(=O)c2cc(Br)ccc2OCC(C)C)cc1. The van der Waals surface area contributed by atoms with Crippen molar-refractivity contribution in [2.45, 2.75) is 45.4 Å². The number of benzene rings is 2. The van der Waals surface area contributed by atoms with Gasteiger partial charge in [0.25, 0.3) is 5.91 Å². The van der Waals surface area contributed by atoms with Crippen molar-refractivity contribution in [3.05, 3.63) is 52.5 Å². The molecule has 0 aliphatic heterocycles. The first-order valence-corrected chi connectivity index (χ1v) is 12.8. The molecule has 0 atom stereocenters. The molecule has 2 aromatic carbocycles. The summed E-state index contributed by atoms with van der Waals surface area (Å²) in [5, 5.41) is 2.82. The van der Waals surface area contributed by atoms with Crippen LogP contribution in [-0.4, -0.2) is 38.3 Å². The molecule has 170 valence electrons. The molecule has 2 aromatic rings. The Hall–Kier alpha value is -1.90. The number of halogens is 1. The largest absolute Gasteiger partial charge is 0.492 e. The minimum Gasteiger partial charge on any atom is -0.492 e. The summed E-state index contributed by atoms with van der Waals surface area (Å²) in [6.07, 6.45) is 1.50. The van der Waals surface area contributed by atoms with Gasteiger partial charge in [0, 0.05) is 23.2 Å². The molecule has 6 nitrogen and oxygen atoms in total. The van der Waals surface area contributed by atoms with E-state index in [-0.39, 0.29) is 10.8 Å². The molecule has 2 rings (SSSR count). The lowest BCUT2D eigenvalue weighted by molar-refractivity contribution is 0.102. The summed E-state index contributed by atoms with van der Waals surface area (Å²) in [5.41, 5.74) is 0.917. The van der Waals surface area contributed by atoms with E-state index in [0.29, 0.717) is 42.6 Å². The van der Waals surface area contributed by atoms with Gasteiger partial charge in [-0.3, -0.25) is 4.79 Å². The number of hydrogen-bond donors (Lipinski definition) is 1. The van der Waals surface area contributed by atoms with E-state index in [1.54, 1.807) is 24.3 Å². The van der Waals surface area contributed by atoms with E-state index in [9.17, 15) is 13.2 Å². The number of hydrogen-bond acceptors (Lipinski definition) is 4. The summed E-state index contributed by atoms with van der Waals surface area (Å²) in [6.45, 7) is 9.45. The fraction of sp³-hybridized carbons (Fsp3) is 0.435. The number of carbonyl (C=O) groups is 1. The third-order valence-corrected chi connectivity index (χ3v) is 6.86. The standard InChI is InChI=1S/C23H31BrN2O4S/c1-5-13-26(14-6-2)31(28,29)20-10-8-19(9-11-20)25-23(27)21-15-18(24)7-12-22(21)30-16-17(3)4/h7-12,15,17H,5-6,13-14,16H2,1-4H3,(H,25,27). The van der Waals surface area contributed by atoms with E-state index >= 15 is 0 Å². The molecular formula is C23H31BrN2O4S. The molecule has 1 amide bonds. The molecule has 31 heavy (non-hydrogen) atoms. The normalized spacial score (nSPS) is 11.7. The Morgan fingerprint density at radius 2 is 1.68 bits per heavy atom. The van der Waals surface area contributed by atoms with Gasteiger partial charge in [-0.25, -0.2) is 8.42 Å². The number of ether oxygens (including phenoxy) is 1. The number of carbonyl (C=O) groups excluding carboxylic acids is 1. The van der Waals surface area contributed by atoms with Gasteiger partial charge in [0.2, 0.25) is 10.0 Å². The molecule has 0 aliphatic carbocycles. The second-order valence-corrected chi connectivity index (χ2v) is 10.6. The minimum absolute atomic E-state index is 0.218. The lowest BCUT2D eigenvalue weighted by atomic mass is 10.1. The van der Waals surface area contributed by atoms with Crippen molar-refractivity contribution in [2.24, 2.45) is 5.92 Å². The predicted octanol–water partition coefficient (Wildman–Crippen LogP) is 5.55. The molecule has 0 unspecified atom stereocenters. The average Bonchev–Trinajstić information content (AvgIpc) is 2.73. The van der Waals surface area contributed by atoms with E-state index in [1.165, 1.54) is 16.4 Å². The third kappa shape index (κ3) is 7.05. The van der Waals surface area contributed by atoms with Crippen molar-refractivity contribution < 1.29 is 17.9 Å². The van der Waals surface area contributed by atoms with E-state index in [0.717, 1.165) is 17.3 Å². The van der Waals surface area contributed by atoms with Gasteiger partial charge in [-0.15, -0.1) is 0 Å². The highest BCUT2D eigenvalue weighted by atomic mass is 79.9. The molecule has 0 fully saturated rings. The maximum Gasteiger partial charge on any atom is 0.259 e. The van der Waals surface area contributed by atoms with Crippen molar-refractivity contribution in [2.75, 3.05) is 25.0 Å². The van der Waals surface area contributed by atoms with Gasteiger partial charge < -0.3 is 10.1 Å². The van der Waals surface area contributed by atoms with Crippen molar-refractivity contribution in [1.82, 2.24) is 4.31 Å². The van der Waals surface area contributed by atoms with Crippen LogP contribution in [0.3, 0.4) is 0 Å². The van der Waals surface area contributed by atoms with Crippen LogP contribution in [0.15, 0.2) is 51.8 Å². The Morgan fingerprint density at radius 3 is 2.23 bits per heavy atom. The van der Waals surface area contributed by atoms with Gasteiger partial charge in [-0.05, 0) is 61.2 Å². The van der Waals surface area contributed by atoms with Crippen LogP contribution in [-0.2, 0) is 10.0 Å². The summed E-state index contributed by atoms with van der Waals surface area (Å²) in [6, 6.07) is 11.6. The minimum atomic E-state index is -3.56. The van der Waals surface area contributed by atoms with Gasteiger partial charge in [0.1, 0.15) is 5.75 Å². The number of sulfonamides is 1. The summed E-state index contributed by atoms with van der Waals surface area (Å²) < 4.78 is 33.8. The maximum atomic E-state index is 12.9. The van der Waals surface area contributed by atoms with Gasteiger partial charge >= 0.3 is 0 Å². The monoisotopic (exact) mass is 510 g/mol. The Bertz CT molecular complexity index is 970. The first kappa shape index (κ1) is 25.4. The molecule has 0 spiro atoms. The second-order valence-electron chi connectivity index (χ2n) is 7.73. The number of rotatable bonds is 11. The van der Waals surface area contributed by atoms with Crippen LogP contribution < -0.4 is 10.1 Å². The Kier molecular flexibility index (Phi) is 9.53. The van der Waals surface area contributed by atoms with Crippen LogP contribution >= 0.6 is 15.9 Å². The van der Waals surface area contributed by atoms with E-state index in [4.69, 9.17) is 4.74 Å². The van der Waals surface area contributed by atoms with Crippen molar-refractivity contribution in [1.29, 1.82) is 0 Å². The van der Waals surface area contributed by atoms with Crippen LogP contribution in [0.1, 0.15) is 50.9 Å². The lowest BCUT2D eigenvalue weighted by Crippen LogP contribution is -2.32. The molecule has 0 saturated carbocycles. The Morgan fingerprint density at radius 1 is 1.06 bits per heavy atom. The van der Waals surface area contributed by atoms with Crippen LogP contribution in [0.4, 0.5) is 5.69 Å². The Balaban J connectivity index is 2.20. The zero-order valence-electron chi connectivity index (χ0n) is 18.5. The van der Waals surface area contributed by atoms with Crippen LogP contribution in [0.5, 0.6) is 5.75 Å². The first-order valence-electron chi connectivity index (χ1n) is 10.5. The van der Waals surface area contributed by atoms with Gasteiger partial charge in [-0.2, -0.15) is 4.31 Å². The zero-order chi connectivity index (χ0) is 23.0. The van der Waals surface area contributed by atoms with Crippen LogP contribution in [0.25, 0.3) is 0 Å². The Labute approximate surface area is 194 Å². The van der Waals surface area contributed by atoms with Gasteiger partial charge in [-0.1, -0.05) is 43.6 Å².